The van der Waals surface area contributed by atoms with Crippen LogP contribution in [0.15, 0.2) is 44.3 Å². The first kappa shape index (κ1) is 23.9. The van der Waals surface area contributed by atoms with Gasteiger partial charge in [0.25, 0.3) is 5.91 Å². The summed E-state index contributed by atoms with van der Waals surface area (Å²) in [5, 5.41) is 0. The van der Waals surface area contributed by atoms with E-state index < -0.39 is 40.4 Å². The molecule has 1 aromatic carbocycles. The number of alkyl halides is 6. The molecule has 0 fully saturated rings. The fourth-order valence-corrected chi connectivity index (χ4v) is 4.94. The number of hydrogen-bond donors (Lipinski definition) is 1. The van der Waals surface area contributed by atoms with Crippen LogP contribution in [0.2, 0.25) is 0 Å². The summed E-state index contributed by atoms with van der Waals surface area (Å²) in [6.45, 7) is 3.23. The van der Waals surface area contributed by atoms with Gasteiger partial charge in [0.05, 0.1) is 12.3 Å². The molecule has 160 valence electrons. The minimum Gasteiger partial charge on any atom is -0.406 e. The van der Waals surface area contributed by atoms with Gasteiger partial charge in [-0.2, -0.15) is 13.2 Å². The molecule has 1 aliphatic rings. The first-order valence-electron chi connectivity index (χ1n) is 7.30. The zero-order valence-electron chi connectivity index (χ0n) is 13.9. The lowest BCUT2D eigenvalue weighted by Crippen LogP contribution is -2.37. The Kier molecular flexibility index (Phi) is 7.23. The van der Waals surface area contributed by atoms with Crippen molar-refractivity contribution in [2.24, 2.45) is 5.73 Å². The first-order chi connectivity index (χ1) is 13.3. The minimum atomic E-state index is -5.02. The van der Waals surface area contributed by atoms with Gasteiger partial charge < -0.3 is 15.2 Å². The molecule has 1 heterocycles. The molecule has 0 spiro atoms. The molecular weight excluding hydrogens is 562 g/mol. The third kappa shape index (κ3) is 5.61. The zero-order chi connectivity index (χ0) is 22.1. The van der Waals surface area contributed by atoms with Crippen molar-refractivity contribution < 1.29 is 40.6 Å². The number of carbonyl (C=O) groups excluding carboxylic acids is 1. The monoisotopic (exact) mass is 570 g/mol. The van der Waals surface area contributed by atoms with Crippen molar-refractivity contribution in [3.63, 3.8) is 0 Å². The van der Waals surface area contributed by atoms with Crippen LogP contribution >= 0.6 is 43.6 Å². The first-order valence-corrected chi connectivity index (χ1v) is 9.77. The van der Waals surface area contributed by atoms with Crippen molar-refractivity contribution >= 4 is 55.2 Å². The summed E-state index contributed by atoms with van der Waals surface area (Å²) in [7, 11) is 0. The van der Waals surface area contributed by atoms with Gasteiger partial charge in [0.2, 0.25) is 0 Å². The average molecular weight is 572 g/mol. The summed E-state index contributed by atoms with van der Waals surface area (Å²) in [6.07, 6.45) is -8.75. The van der Waals surface area contributed by atoms with E-state index in [1.54, 1.807) is 0 Å². The Balaban J connectivity index is 2.65. The number of anilines is 1. The highest BCUT2D eigenvalue weighted by atomic mass is 79.9. The van der Waals surface area contributed by atoms with E-state index in [2.05, 4.69) is 43.2 Å². The van der Waals surface area contributed by atoms with Crippen molar-refractivity contribution in [3.05, 3.63) is 44.3 Å². The second-order valence-electron chi connectivity index (χ2n) is 5.24. The molecular formula is C15H10Br2F6N2O3S. The molecule has 0 radical (unpaired) electrons. The third-order valence-corrected chi connectivity index (χ3v) is 5.59. The maximum Gasteiger partial charge on any atom is 0.573 e. The van der Waals surface area contributed by atoms with Crippen LogP contribution in [-0.2, 0) is 9.53 Å². The molecule has 0 saturated heterocycles. The molecule has 1 aliphatic heterocycles. The zero-order valence-corrected chi connectivity index (χ0v) is 17.9. The lowest BCUT2D eigenvalue weighted by Gasteiger charge is -2.31. The SMILES string of the molecule is C=CCOC1SC(C(N)=O)=C(C(F)(F)F)N1c1c(Br)cc(OC(F)(F)F)cc1Br. The van der Waals surface area contributed by atoms with Crippen LogP contribution in [0.25, 0.3) is 0 Å². The number of nitrogens with zero attached hydrogens (tertiary/aromatic N) is 1. The van der Waals surface area contributed by atoms with Gasteiger partial charge in [0, 0.05) is 8.95 Å². The molecule has 0 bridgehead atoms. The summed E-state index contributed by atoms with van der Waals surface area (Å²) >= 11 is 6.32. The summed E-state index contributed by atoms with van der Waals surface area (Å²) in [6, 6.07) is 1.66. The predicted molar refractivity (Wildman–Crippen MR) is 101 cm³/mol. The number of halogens is 8. The Bertz CT molecular complexity index is 836. The maximum atomic E-state index is 13.8. The lowest BCUT2D eigenvalue weighted by molar-refractivity contribution is -0.274. The van der Waals surface area contributed by atoms with Gasteiger partial charge >= 0.3 is 12.5 Å². The standard InChI is InChI=1S/C15H10Br2F6N2O3S/c1-2-3-27-13-25(11(14(18,19)20)10(29-13)12(24)26)9-7(16)4-6(5-8(9)17)28-15(21,22)23/h2,4-5,13H,1,3H2,(H2,24,26). The number of primary amides is 1. The second-order valence-corrected chi connectivity index (χ2v) is 8.00. The van der Waals surface area contributed by atoms with E-state index >= 15 is 0 Å². The average Bonchev–Trinajstić information content (AvgIpc) is 2.90. The van der Waals surface area contributed by atoms with Crippen LogP contribution < -0.4 is 15.4 Å². The van der Waals surface area contributed by atoms with E-state index in [9.17, 15) is 31.1 Å². The van der Waals surface area contributed by atoms with E-state index in [0.717, 1.165) is 12.1 Å². The summed E-state index contributed by atoms with van der Waals surface area (Å²) in [5.41, 5.74) is 2.05. The van der Waals surface area contributed by atoms with E-state index in [1.165, 1.54) is 6.08 Å². The van der Waals surface area contributed by atoms with Crippen molar-refractivity contribution in [3.8, 4) is 5.75 Å². The molecule has 0 saturated carbocycles. The van der Waals surface area contributed by atoms with E-state index in [1.807, 2.05) is 0 Å². The van der Waals surface area contributed by atoms with Gasteiger partial charge in [-0.3, -0.25) is 9.69 Å². The Labute approximate surface area is 181 Å². The molecule has 1 unspecified atom stereocenters. The molecule has 0 aromatic heterocycles. The Hall–Kier alpha value is -1.38. The highest BCUT2D eigenvalue weighted by molar-refractivity contribution is 9.11. The van der Waals surface area contributed by atoms with Gasteiger partial charge in [-0.25, -0.2) is 0 Å². The molecule has 5 nitrogen and oxygen atoms in total. The summed E-state index contributed by atoms with van der Waals surface area (Å²) < 4.78 is 87.4. The molecule has 14 heteroatoms. The number of thioether (sulfide) groups is 1. The molecule has 2 rings (SSSR count). The second kappa shape index (κ2) is 8.78. The highest BCUT2D eigenvalue weighted by Crippen LogP contribution is 2.52. The van der Waals surface area contributed by atoms with Crippen molar-refractivity contribution in [1.82, 2.24) is 0 Å². The Morgan fingerprint density at radius 3 is 2.21 bits per heavy atom. The van der Waals surface area contributed by atoms with Gasteiger partial charge in [0.15, 0.2) is 5.56 Å². The molecule has 2 N–H and O–H groups in total. The molecule has 1 aromatic rings. The molecule has 29 heavy (non-hydrogen) atoms. The quantitative estimate of drug-likeness (QED) is 0.365. The number of carbonyl (C=O) groups is 1. The van der Waals surface area contributed by atoms with E-state index in [4.69, 9.17) is 10.5 Å². The Morgan fingerprint density at radius 2 is 1.79 bits per heavy atom. The van der Waals surface area contributed by atoms with Gasteiger partial charge in [-0.05, 0) is 44.0 Å². The Morgan fingerprint density at radius 1 is 1.24 bits per heavy atom. The van der Waals surface area contributed by atoms with Crippen LogP contribution in [0.4, 0.5) is 32.0 Å². The largest absolute Gasteiger partial charge is 0.573 e. The third-order valence-electron chi connectivity index (χ3n) is 3.20. The van der Waals surface area contributed by atoms with Gasteiger partial charge in [-0.1, -0.05) is 17.8 Å². The van der Waals surface area contributed by atoms with Crippen LogP contribution in [0.3, 0.4) is 0 Å². The lowest BCUT2D eigenvalue weighted by atomic mass is 10.2. The number of ether oxygens (including phenoxy) is 2. The van der Waals surface area contributed by atoms with Crippen molar-refractivity contribution in [2.45, 2.75) is 18.1 Å². The molecule has 1 atom stereocenters. The number of benzene rings is 1. The predicted octanol–water partition coefficient (Wildman–Crippen LogP) is 5.41. The van der Waals surface area contributed by atoms with E-state index in [-0.39, 0.29) is 21.2 Å². The molecule has 1 amide bonds. The van der Waals surface area contributed by atoms with Gasteiger partial charge in [0.1, 0.15) is 16.4 Å². The smallest absolute Gasteiger partial charge is 0.406 e. The number of hydrogen-bond acceptors (Lipinski definition) is 5. The van der Waals surface area contributed by atoms with Crippen molar-refractivity contribution in [2.75, 3.05) is 11.5 Å². The van der Waals surface area contributed by atoms with Crippen molar-refractivity contribution in [1.29, 1.82) is 0 Å². The summed E-state index contributed by atoms with van der Waals surface area (Å²) in [4.78, 5) is 11.4. The fourth-order valence-electron chi connectivity index (χ4n) is 2.31. The number of rotatable bonds is 6. The van der Waals surface area contributed by atoms with Crippen LogP contribution in [0.1, 0.15) is 0 Å². The fraction of sp³-hybridized carbons (Fsp3) is 0.267. The minimum absolute atomic E-state index is 0.171. The topological polar surface area (TPSA) is 64.8 Å². The van der Waals surface area contributed by atoms with Crippen LogP contribution in [0.5, 0.6) is 5.75 Å². The van der Waals surface area contributed by atoms with Crippen LogP contribution in [0, 0.1) is 0 Å². The molecule has 0 aliphatic carbocycles. The number of amides is 1. The number of allylic oxidation sites excluding steroid dienone is 1. The normalized spacial score (nSPS) is 17.7. The number of nitrogens with two attached hydrogens (primary N) is 1. The highest BCUT2D eigenvalue weighted by Gasteiger charge is 2.51. The van der Waals surface area contributed by atoms with Gasteiger partial charge in [-0.15, -0.1) is 19.8 Å². The van der Waals surface area contributed by atoms with E-state index in [0.29, 0.717) is 16.7 Å². The van der Waals surface area contributed by atoms with Crippen LogP contribution in [-0.4, -0.2) is 30.6 Å². The summed E-state index contributed by atoms with van der Waals surface area (Å²) in [5.74, 6) is -2.01. The maximum absolute atomic E-state index is 13.8.